The lowest BCUT2D eigenvalue weighted by Crippen LogP contribution is -2.37. The molecule has 7 heteroatoms. The number of amides is 2. The van der Waals surface area contributed by atoms with Crippen molar-refractivity contribution in [3.8, 4) is 0 Å². The molecule has 2 amide bonds. The van der Waals surface area contributed by atoms with E-state index in [0.717, 1.165) is 25.9 Å². The van der Waals surface area contributed by atoms with Crippen LogP contribution in [-0.2, 0) is 13.0 Å². The van der Waals surface area contributed by atoms with Gasteiger partial charge in [-0.25, -0.2) is 4.79 Å². The average molecular weight is 292 g/mol. The van der Waals surface area contributed by atoms with Crippen molar-refractivity contribution in [1.29, 1.82) is 0 Å². The van der Waals surface area contributed by atoms with Crippen LogP contribution in [0, 0.1) is 0 Å². The Bertz CT molecular complexity index is 561. The van der Waals surface area contributed by atoms with Gasteiger partial charge in [-0.15, -0.1) is 11.3 Å². The minimum absolute atomic E-state index is 0.0551. The summed E-state index contributed by atoms with van der Waals surface area (Å²) in [5.74, 6) is 1.10. The van der Waals surface area contributed by atoms with Crippen LogP contribution in [0.2, 0.25) is 0 Å². The predicted molar refractivity (Wildman–Crippen MR) is 74.5 cm³/mol. The number of thiophene rings is 1. The highest BCUT2D eigenvalue weighted by atomic mass is 32.1. The SMILES string of the molecule is O=C(NCc1nc(Cc2cccs2)no1)N1CCCC1. The molecule has 1 saturated heterocycles. The summed E-state index contributed by atoms with van der Waals surface area (Å²) in [5, 5.41) is 8.75. The van der Waals surface area contributed by atoms with Crippen LogP contribution in [0.5, 0.6) is 0 Å². The van der Waals surface area contributed by atoms with E-state index in [-0.39, 0.29) is 12.6 Å². The van der Waals surface area contributed by atoms with Gasteiger partial charge in [0.05, 0.1) is 6.54 Å². The first-order valence-electron chi connectivity index (χ1n) is 6.68. The maximum Gasteiger partial charge on any atom is 0.317 e. The molecule has 6 nitrogen and oxygen atoms in total. The van der Waals surface area contributed by atoms with Gasteiger partial charge in [-0.3, -0.25) is 0 Å². The van der Waals surface area contributed by atoms with Crippen molar-refractivity contribution in [2.45, 2.75) is 25.8 Å². The highest BCUT2D eigenvalue weighted by Crippen LogP contribution is 2.13. The van der Waals surface area contributed by atoms with Gasteiger partial charge in [0.15, 0.2) is 5.82 Å². The number of hydrogen-bond acceptors (Lipinski definition) is 5. The third-order valence-corrected chi connectivity index (χ3v) is 4.08. The second-order valence-corrected chi connectivity index (χ2v) is 5.75. The third kappa shape index (κ3) is 3.16. The number of urea groups is 1. The van der Waals surface area contributed by atoms with Crippen LogP contribution in [0.3, 0.4) is 0 Å². The van der Waals surface area contributed by atoms with Crippen LogP contribution in [0.4, 0.5) is 4.79 Å². The molecule has 20 heavy (non-hydrogen) atoms. The summed E-state index contributed by atoms with van der Waals surface area (Å²) < 4.78 is 5.14. The summed E-state index contributed by atoms with van der Waals surface area (Å²) >= 11 is 1.66. The predicted octanol–water partition coefficient (Wildman–Crippen LogP) is 2.03. The lowest BCUT2D eigenvalue weighted by Gasteiger charge is -2.14. The monoisotopic (exact) mass is 292 g/mol. The number of nitrogens with zero attached hydrogens (tertiary/aromatic N) is 3. The van der Waals surface area contributed by atoms with Crippen LogP contribution < -0.4 is 5.32 Å². The summed E-state index contributed by atoms with van der Waals surface area (Å²) in [4.78, 5) is 19.1. The fraction of sp³-hybridized carbons (Fsp3) is 0.462. The molecule has 0 spiro atoms. The molecule has 2 aromatic rings. The first-order chi connectivity index (χ1) is 9.81. The Morgan fingerprint density at radius 3 is 3.05 bits per heavy atom. The van der Waals surface area contributed by atoms with E-state index in [1.165, 1.54) is 4.88 Å². The van der Waals surface area contributed by atoms with E-state index in [1.807, 2.05) is 22.4 Å². The topological polar surface area (TPSA) is 71.3 Å². The minimum atomic E-state index is -0.0551. The molecule has 0 bridgehead atoms. The van der Waals surface area contributed by atoms with Gasteiger partial charge in [-0.05, 0) is 24.3 Å². The van der Waals surface area contributed by atoms with Crippen molar-refractivity contribution in [3.63, 3.8) is 0 Å². The fourth-order valence-corrected chi connectivity index (χ4v) is 2.89. The Morgan fingerprint density at radius 2 is 2.30 bits per heavy atom. The van der Waals surface area contributed by atoms with Gasteiger partial charge in [0, 0.05) is 24.4 Å². The molecule has 1 N–H and O–H groups in total. The Balaban J connectivity index is 1.50. The van der Waals surface area contributed by atoms with Gasteiger partial charge in [-0.1, -0.05) is 11.2 Å². The standard InChI is InChI=1S/C13H16N4O2S/c18-13(17-5-1-2-6-17)14-9-12-15-11(16-19-12)8-10-4-3-7-20-10/h3-4,7H,1-2,5-6,8-9H2,(H,14,18). The summed E-state index contributed by atoms with van der Waals surface area (Å²) in [6.07, 6.45) is 2.83. The number of rotatable bonds is 4. The zero-order valence-electron chi connectivity index (χ0n) is 11.0. The van der Waals surface area contributed by atoms with Crippen LogP contribution >= 0.6 is 11.3 Å². The van der Waals surface area contributed by atoms with Crippen LogP contribution in [0.25, 0.3) is 0 Å². The van der Waals surface area contributed by atoms with Gasteiger partial charge >= 0.3 is 6.03 Å². The van der Waals surface area contributed by atoms with Gasteiger partial charge < -0.3 is 14.7 Å². The lowest BCUT2D eigenvalue weighted by molar-refractivity contribution is 0.206. The first kappa shape index (κ1) is 13.1. The minimum Gasteiger partial charge on any atom is -0.337 e. The normalized spacial score (nSPS) is 14.7. The van der Waals surface area contributed by atoms with E-state index in [0.29, 0.717) is 18.1 Å². The molecule has 0 aromatic carbocycles. The van der Waals surface area contributed by atoms with E-state index in [2.05, 4.69) is 15.5 Å². The highest BCUT2D eigenvalue weighted by molar-refractivity contribution is 7.09. The number of hydrogen-bond donors (Lipinski definition) is 1. The first-order valence-corrected chi connectivity index (χ1v) is 7.56. The van der Waals surface area contributed by atoms with Gasteiger partial charge in [0.1, 0.15) is 0 Å². The molecule has 106 valence electrons. The van der Waals surface area contributed by atoms with E-state index < -0.39 is 0 Å². The molecule has 3 heterocycles. The molecule has 3 rings (SSSR count). The quantitative estimate of drug-likeness (QED) is 0.936. The molecule has 2 aromatic heterocycles. The number of aromatic nitrogens is 2. The zero-order chi connectivity index (χ0) is 13.8. The molecule has 1 aliphatic rings. The van der Waals surface area contributed by atoms with Crippen LogP contribution in [-0.4, -0.2) is 34.2 Å². The Morgan fingerprint density at radius 1 is 1.45 bits per heavy atom. The second-order valence-electron chi connectivity index (χ2n) is 4.71. The van der Waals surface area contributed by atoms with E-state index >= 15 is 0 Å². The lowest BCUT2D eigenvalue weighted by atomic mass is 10.3. The van der Waals surface area contributed by atoms with Gasteiger partial charge in [-0.2, -0.15) is 4.98 Å². The molecular formula is C13H16N4O2S. The summed E-state index contributed by atoms with van der Waals surface area (Å²) in [6, 6.07) is 3.98. The molecule has 0 aliphatic carbocycles. The van der Waals surface area contributed by atoms with Crippen molar-refractivity contribution in [1.82, 2.24) is 20.4 Å². The number of carbonyl (C=O) groups excluding carboxylic acids is 1. The van der Waals surface area contributed by atoms with Gasteiger partial charge in [0.25, 0.3) is 0 Å². The molecule has 1 fully saturated rings. The van der Waals surface area contributed by atoms with Crippen molar-refractivity contribution in [2.24, 2.45) is 0 Å². The van der Waals surface area contributed by atoms with Crippen molar-refractivity contribution < 1.29 is 9.32 Å². The van der Waals surface area contributed by atoms with E-state index in [1.54, 1.807) is 11.3 Å². The number of likely N-dealkylation sites (tertiary alicyclic amines) is 1. The van der Waals surface area contributed by atoms with Crippen molar-refractivity contribution in [3.05, 3.63) is 34.1 Å². The molecule has 0 unspecified atom stereocenters. The Hall–Kier alpha value is -1.89. The van der Waals surface area contributed by atoms with Crippen LogP contribution in [0.15, 0.2) is 22.0 Å². The summed E-state index contributed by atoms with van der Waals surface area (Å²) in [7, 11) is 0. The molecule has 1 aliphatic heterocycles. The maximum atomic E-state index is 11.8. The second kappa shape index (κ2) is 6.04. The summed E-state index contributed by atoms with van der Waals surface area (Å²) in [5.41, 5.74) is 0. The fourth-order valence-electron chi connectivity index (χ4n) is 2.19. The van der Waals surface area contributed by atoms with E-state index in [4.69, 9.17) is 4.52 Å². The number of nitrogens with one attached hydrogen (secondary N) is 1. The molecule has 0 atom stereocenters. The van der Waals surface area contributed by atoms with E-state index in [9.17, 15) is 4.79 Å². The largest absolute Gasteiger partial charge is 0.337 e. The Kier molecular flexibility index (Phi) is 3.96. The highest BCUT2D eigenvalue weighted by Gasteiger charge is 2.18. The van der Waals surface area contributed by atoms with Crippen molar-refractivity contribution >= 4 is 17.4 Å². The zero-order valence-corrected chi connectivity index (χ0v) is 11.9. The smallest absolute Gasteiger partial charge is 0.317 e. The van der Waals surface area contributed by atoms with Gasteiger partial charge in [0.2, 0.25) is 5.89 Å². The van der Waals surface area contributed by atoms with Crippen molar-refractivity contribution in [2.75, 3.05) is 13.1 Å². The van der Waals surface area contributed by atoms with Crippen LogP contribution in [0.1, 0.15) is 29.4 Å². The maximum absolute atomic E-state index is 11.8. The number of carbonyl (C=O) groups is 1. The summed E-state index contributed by atoms with van der Waals surface area (Å²) in [6.45, 7) is 1.95. The average Bonchev–Trinajstić information content (AvgIpc) is 3.19. The molecule has 0 radical (unpaired) electrons. The Labute approximate surface area is 120 Å². The molecule has 0 saturated carbocycles. The molecular weight excluding hydrogens is 276 g/mol. The third-order valence-electron chi connectivity index (χ3n) is 3.21.